The zero-order valence-corrected chi connectivity index (χ0v) is 12.9. The Kier molecular flexibility index (Phi) is 5.42. The van der Waals surface area contributed by atoms with Crippen molar-refractivity contribution in [1.82, 2.24) is 19.9 Å². The molecule has 0 unspecified atom stereocenters. The van der Waals surface area contributed by atoms with Crippen molar-refractivity contribution in [1.29, 1.82) is 0 Å². The third-order valence-corrected chi connectivity index (χ3v) is 2.80. The van der Waals surface area contributed by atoms with Crippen LogP contribution >= 0.6 is 46.4 Å². The molecule has 2 heterocycles. The van der Waals surface area contributed by atoms with Crippen molar-refractivity contribution in [2.75, 3.05) is 23.7 Å². The van der Waals surface area contributed by atoms with Crippen LogP contribution in [0.25, 0.3) is 0 Å². The molecule has 0 atom stereocenters. The Hall–Kier alpha value is -1.08. The molecular weight excluding hydrogens is 346 g/mol. The van der Waals surface area contributed by atoms with Gasteiger partial charge >= 0.3 is 0 Å². The van der Waals surface area contributed by atoms with E-state index in [1.165, 1.54) is 0 Å². The molecule has 2 rings (SSSR count). The van der Waals surface area contributed by atoms with Crippen LogP contribution in [0, 0.1) is 0 Å². The second-order valence-electron chi connectivity index (χ2n) is 3.54. The maximum atomic E-state index is 5.76. The summed E-state index contributed by atoms with van der Waals surface area (Å²) in [6.45, 7) is 1.12. The van der Waals surface area contributed by atoms with Crippen molar-refractivity contribution in [2.24, 2.45) is 0 Å². The molecule has 106 valence electrons. The molecule has 10 heteroatoms. The van der Waals surface area contributed by atoms with E-state index in [2.05, 4.69) is 30.6 Å². The molecule has 6 nitrogen and oxygen atoms in total. The maximum absolute atomic E-state index is 5.76. The van der Waals surface area contributed by atoms with Crippen molar-refractivity contribution >= 4 is 58.0 Å². The fourth-order valence-corrected chi connectivity index (χ4v) is 2.16. The van der Waals surface area contributed by atoms with E-state index in [0.29, 0.717) is 24.7 Å². The minimum atomic E-state index is 0.0855. The van der Waals surface area contributed by atoms with Crippen LogP contribution in [0.5, 0.6) is 0 Å². The van der Waals surface area contributed by atoms with Gasteiger partial charge < -0.3 is 10.6 Å². The quantitative estimate of drug-likeness (QED) is 0.487. The average molecular weight is 354 g/mol. The number of anilines is 2. The van der Waals surface area contributed by atoms with Gasteiger partial charge in [0.2, 0.25) is 10.6 Å². The van der Waals surface area contributed by atoms with Gasteiger partial charge in [0.1, 0.15) is 21.9 Å². The Balaban J connectivity index is 1.84. The molecule has 0 bridgehead atoms. The Morgan fingerprint density at radius 1 is 0.700 bits per heavy atom. The summed E-state index contributed by atoms with van der Waals surface area (Å²) in [6, 6.07) is 3.15. The molecule has 2 N–H and O–H groups in total. The predicted molar refractivity (Wildman–Crippen MR) is 81.1 cm³/mol. The Labute approximate surface area is 134 Å². The molecule has 0 spiro atoms. The standard InChI is InChI=1S/C10H8Cl4N6/c11-5-3-7(19-9(13)17-5)15-1-2-16-8-4-6(12)18-10(14)20-8/h3-4H,1-2H2,(H,15,17,19)(H,16,18,20). The summed E-state index contributed by atoms with van der Waals surface area (Å²) in [5.41, 5.74) is 0. The van der Waals surface area contributed by atoms with Crippen LogP contribution in [0.2, 0.25) is 20.9 Å². The number of nitrogens with zero attached hydrogens (tertiary/aromatic N) is 4. The largest absolute Gasteiger partial charge is 0.368 e. The first-order chi connectivity index (χ1) is 9.52. The smallest absolute Gasteiger partial charge is 0.225 e. The second-order valence-corrected chi connectivity index (χ2v) is 4.99. The molecule has 0 amide bonds. The Bertz CT molecular complexity index is 514. The van der Waals surface area contributed by atoms with Crippen LogP contribution in [-0.4, -0.2) is 33.0 Å². The van der Waals surface area contributed by atoms with Gasteiger partial charge in [-0.2, -0.15) is 0 Å². The van der Waals surface area contributed by atoms with Gasteiger partial charge in [0, 0.05) is 25.2 Å². The first-order valence-corrected chi connectivity index (χ1v) is 6.92. The molecular formula is C10H8Cl4N6. The number of hydrogen-bond donors (Lipinski definition) is 2. The monoisotopic (exact) mass is 352 g/mol. The molecule has 0 aliphatic carbocycles. The van der Waals surface area contributed by atoms with Gasteiger partial charge in [0.05, 0.1) is 0 Å². The summed E-state index contributed by atoms with van der Waals surface area (Å²) in [5.74, 6) is 1.08. The summed E-state index contributed by atoms with van der Waals surface area (Å²) in [7, 11) is 0. The molecule has 0 fully saturated rings. The lowest BCUT2D eigenvalue weighted by atomic mass is 10.5. The SMILES string of the molecule is Clc1cc(NCCNc2cc(Cl)nc(Cl)n2)nc(Cl)n1. The van der Waals surface area contributed by atoms with Crippen molar-refractivity contribution < 1.29 is 0 Å². The van der Waals surface area contributed by atoms with Gasteiger partial charge in [-0.05, 0) is 23.2 Å². The van der Waals surface area contributed by atoms with Gasteiger partial charge in [-0.25, -0.2) is 19.9 Å². The van der Waals surface area contributed by atoms with Gasteiger partial charge in [-0.3, -0.25) is 0 Å². The number of halogens is 4. The van der Waals surface area contributed by atoms with E-state index in [1.54, 1.807) is 12.1 Å². The molecule has 0 aromatic carbocycles. The average Bonchev–Trinajstić information content (AvgIpc) is 2.32. The van der Waals surface area contributed by atoms with Crippen molar-refractivity contribution in [3.05, 3.63) is 33.0 Å². The van der Waals surface area contributed by atoms with Crippen LogP contribution < -0.4 is 10.6 Å². The fourth-order valence-electron chi connectivity index (χ4n) is 1.34. The summed E-state index contributed by atoms with van der Waals surface area (Å²) in [6.07, 6.45) is 0. The lowest BCUT2D eigenvalue weighted by Gasteiger charge is -2.08. The van der Waals surface area contributed by atoms with Gasteiger partial charge in [-0.1, -0.05) is 23.2 Å². The Morgan fingerprint density at radius 3 is 1.45 bits per heavy atom. The lowest BCUT2D eigenvalue weighted by Crippen LogP contribution is -2.15. The summed E-state index contributed by atoms with van der Waals surface area (Å²) in [5, 5.41) is 6.78. The first-order valence-electron chi connectivity index (χ1n) is 5.41. The normalized spacial score (nSPS) is 10.4. The van der Waals surface area contributed by atoms with E-state index in [1.807, 2.05) is 0 Å². The van der Waals surface area contributed by atoms with Crippen LogP contribution in [-0.2, 0) is 0 Å². The summed E-state index contributed by atoms with van der Waals surface area (Å²) < 4.78 is 0. The van der Waals surface area contributed by atoms with Gasteiger partial charge in [0.15, 0.2) is 0 Å². The topological polar surface area (TPSA) is 75.6 Å². The van der Waals surface area contributed by atoms with Gasteiger partial charge in [-0.15, -0.1) is 0 Å². The van der Waals surface area contributed by atoms with Crippen LogP contribution in [0.4, 0.5) is 11.6 Å². The van der Waals surface area contributed by atoms with E-state index >= 15 is 0 Å². The molecule has 2 aromatic rings. The molecule has 0 saturated carbocycles. The van der Waals surface area contributed by atoms with Crippen molar-refractivity contribution in [2.45, 2.75) is 0 Å². The van der Waals surface area contributed by atoms with Crippen LogP contribution in [0.3, 0.4) is 0 Å². The molecule has 0 aliphatic rings. The molecule has 0 saturated heterocycles. The van der Waals surface area contributed by atoms with E-state index in [9.17, 15) is 0 Å². The van der Waals surface area contributed by atoms with Crippen LogP contribution in [0.15, 0.2) is 12.1 Å². The highest BCUT2D eigenvalue weighted by atomic mass is 35.5. The van der Waals surface area contributed by atoms with Crippen LogP contribution in [0.1, 0.15) is 0 Å². The predicted octanol–water partition coefficient (Wildman–Crippen LogP) is 3.40. The van der Waals surface area contributed by atoms with Crippen molar-refractivity contribution in [3.8, 4) is 0 Å². The minimum Gasteiger partial charge on any atom is -0.368 e. The third kappa shape index (κ3) is 4.79. The van der Waals surface area contributed by atoms with Crippen molar-refractivity contribution in [3.63, 3.8) is 0 Å². The lowest BCUT2D eigenvalue weighted by molar-refractivity contribution is 1.03. The van der Waals surface area contributed by atoms with E-state index in [0.717, 1.165) is 0 Å². The molecule has 2 aromatic heterocycles. The zero-order chi connectivity index (χ0) is 14.5. The number of hydrogen-bond acceptors (Lipinski definition) is 6. The third-order valence-electron chi connectivity index (χ3n) is 2.07. The minimum absolute atomic E-state index is 0.0855. The van der Waals surface area contributed by atoms with E-state index < -0.39 is 0 Å². The molecule has 0 aliphatic heterocycles. The second kappa shape index (κ2) is 7.08. The number of aromatic nitrogens is 4. The highest BCUT2D eigenvalue weighted by Gasteiger charge is 2.02. The number of nitrogens with one attached hydrogen (secondary N) is 2. The summed E-state index contributed by atoms with van der Waals surface area (Å²) >= 11 is 22.9. The molecule has 20 heavy (non-hydrogen) atoms. The number of rotatable bonds is 5. The fraction of sp³-hybridized carbons (Fsp3) is 0.200. The van der Waals surface area contributed by atoms with Gasteiger partial charge in [0.25, 0.3) is 0 Å². The zero-order valence-electron chi connectivity index (χ0n) is 9.87. The maximum Gasteiger partial charge on any atom is 0.225 e. The first kappa shape index (κ1) is 15.3. The van der Waals surface area contributed by atoms with E-state index in [-0.39, 0.29) is 20.9 Å². The highest BCUT2D eigenvalue weighted by Crippen LogP contribution is 2.15. The van der Waals surface area contributed by atoms with E-state index in [4.69, 9.17) is 46.4 Å². The molecule has 0 radical (unpaired) electrons. The Morgan fingerprint density at radius 2 is 1.10 bits per heavy atom. The highest BCUT2D eigenvalue weighted by molar-refractivity contribution is 6.32. The summed E-state index contributed by atoms with van der Waals surface area (Å²) in [4.78, 5) is 15.4.